The molecule has 2 heteroatoms. The summed E-state index contributed by atoms with van der Waals surface area (Å²) in [6, 6.07) is 0.429. The number of hydrogen-bond donors (Lipinski definition) is 1. The van der Waals surface area contributed by atoms with Crippen molar-refractivity contribution < 1.29 is 5.11 Å². The summed E-state index contributed by atoms with van der Waals surface area (Å²) >= 11 is 0. The first-order chi connectivity index (χ1) is 7.88. The second-order valence-corrected chi connectivity index (χ2v) is 7.40. The predicted molar refractivity (Wildman–Crippen MR) is 71.9 cm³/mol. The van der Waals surface area contributed by atoms with Gasteiger partial charge in [0.2, 0.25) is 0 Å². The molecule has 4 atom stereocenters. The average Bonchev–Trinajstić information content (AvgIpc) is 2.63. The molecule has 1 N–H and O–H groups in total. The lowest BCUT2D eigenvalue weighted by Gasteiger charge is -2.43. The van der Waals surface area contributed by atoms with Crippen molar-refractivity contribution in [3.8, 4) is 0 Å². The van der Waals surface area contributed by atoms with E-state index in [1.54, 1.807) is 0 Å². The topological polar surface area (TPSA) is 23.5 Å². The van der Waals surface area contributed by atoms with Gasteiger partial charge in [0.05, 0.1) is 6.10 Å². The third-order valence-corrected chi connectivity index (χ3v) is 4.93. The second-order valence-electron chi connectivity index (χ2n) is 7.40. The fourth-order valence-electron chi connectivity index (χ4n) is 3.58. The fourth-order valence-corrected chi connectivity index (χ4v) is 3.58. The Bertz CT molecular complexity index is 258. The van der Waals surface area contributed by atoms with Crippen molar-refractivity contribution >= 4 is 0 Å². The predicted octanol–water partition coefficient (Wildman–Crippen LogP) is 2.90. The maximum Gasteiger partial charge on any atom is 0.0695 e. The third-order valence-electron chi connectivity index (χ3n) is 4.93. The summed E-state index contributed by atoms with van der Waals surface area (Å²) in [6.07, 6.45) is 4.61. The van der Waals surface area contributed by atoms with Crippen LogP contribution in [0.25, 0.3) is 0 Å². The molecule has 0 amide bonds. The SMILES string of the molecule is CC1CCN(C2CC(C(C)(C)C)CCC2O)C1. The number of rotatable bonds is 1. The summed E-state index contributed by atoms with van der Waals surface area (Å²) in [5.74, 6) is 1.59. The van der Waals surface area contributed by atoms with Gasteiger partial charge in [0.1, 0.15) is 0 Å². The van der Waals surface area contributed by atoms with Gasteiger partial charge in [0, 0.05) is 12.6 Å². The lowest BCUT2D eigenvalue weighted by molar-refractivity contribution is -0.00952. The van der Waals surface area contributed by atoms with Gasteiger partial charge in [-0.25, -0.2) is 0 Å². The minimum atomic E-state index is -0.0844. The minimum Gasteiger partial charge on any atom is -0.391 e. The van der Waals surface area contributed by atoms with Crippen LogP contribution < -0.4 is 0 Å². The smallest absolute Gasteiger partial charge is 0.0695 e. The van der Waals surface area contributed by atoms with Gasteiger partial charge in [-0.05, 0) is 49.5 Å². The molecule has 4 unspecified atom stereocenters. The summed E-state index contributed by atoms with van der Waals surface area (Å²) in [5.41, 5.74) is 0.393. The van der Waals surface area contributed by atoms with Crippen LogP contribution in [0, 0.1) is 17.3 Å². The summed E-state index contributed by atoms with van der Waals surface area (Å²) in [7, 11) is 0. The zero-order chi connectivity index (χ0) is 12.6. The molecule has 2 fully saturated rings. The molecule has 0 radical (unpaired) electrons. The minimum absolute atomic E-state index is 0.0844. The van der Waals surface area contributed by atoms with Gasteiger partial charge in [0.15, 0.2) is 0 Å². The molecule has 0 aromatic carbocycles. The quantitative estimate of drug-likeness (QED) is 0.760. The Hall–Kier alpha value is -0.0800. The highest BCUT2D eigenvalue weighted by atomic mass is 16.3. The molecule has 0 spiro atoms. The van der Waals surface area contributed by atoms with E-state index in [1.165, 1.54) is 32.4 Å². The molecular weight excluding hydrogens is 210 g/mol. The van der Waals surface area contributed by atoms with E-state index in [1.807, 2.05) is 0 Å². The lowest BCUT2D eigenvalue weighted by Crippen LogP contribution is -2.48. The Labute approximate surface area is 106 Å². The Morgan fingerprint density at radius 1 is 1.12 bits per heavy atom. The Balaban J connectivity index is 2.00. The van der Waals surface area contributed by atoms with E-state index >= 15 is 0 Å². The maximum absolute atomic E-state index is 10.3. The molecule has 2 rings (SSSR count). The largest absolute Gasteiger partial charge is 0.391 e. The highest BCUT2D eigenvalue weighted by Crippen LogP contribution is 2.40. The molecular formula is C15H29NO. The van der Waals surface area contributed by atoms with Crippen LogP contribution in [0.1, 0.15) is 53.4 Å². The Kier molecular flexibility index (Phi) is 3.84. The van der Waals surface area contributed by atoms with Crippen LogP contribution in [-0.4, -0.2) is 35.2 Å². The molecule has 1 saturated carbocycles. The first kappa shape index (κ1) is 13.4. The Morgan fingerprint density at radius 2 is 1.82 bits per heavy atom. The van der Waals surface area contributed by atoms with Crippen molar-refractivity contribution in [3.63, 3.8) is 0 Å². The van der Waals surface area contributed by atoms with Crippen molar-refractivity contribution in [2.24, 2.45) is 17.3 Å². The maximum atomic E-state index is 10.3. The monoisotopic (exact) mass is 239 g/mol. The Morgan fingerprint density at radius 3 is 2.35 bits per heavy atom. The van der Waals surface area contributed by atoms with E-state index in [0.717, 1.165) is 18.3 Å². The fraction of sp³-hybridized carbons (Fsp3) is 1.00. The molecule has 1 aliphatic carbocycles. The highest BCUT2D eigenvalue weighted by molar-refractivity contribution is 4.92. The van der Waals surface area contributed by atoms with Gasteiger partial charge in [-0.15, -0.1) is 0 Å². The first-order valence-corrected chi connectivity index (χ1v) is 7.30. The summed E-state index contributed by atoms with van der Waals surface area (Å²) in [4.78, 5) is 2.55. The number of aliphatic hydroxyl groups is 1. The van der Waals surface area contributed by atoms with Crippen LogP contribution in [0.5, 0.6) is 0 Å². The number of aliphatic hydroxyl groups excluding tert-OH is 1. The molecule has 0 aromatic rings. The van der Waals surface area contributed by atoms with Crippen LogP contribution in [0.2, 0.25) is 0 Å². The number of hydrogen-bond acceptors (Lipinski definition) is 2. The standard InChI is InChI=1S/C15H29NO/c1-11-7-8-16(10-11)13-9-12(15(2,3)4)5-6-14(13)17/h11-14,17H,5-10H2,1-4H3. The van der Waals surface area contributed by atoms with Crippen LogP contribution in [0.3, 0.4) is 0 Å². The molecule has 1 heterocycles. The van der Waals surface area contributed by atoms with E-state index < -0.39 is 0 Å². The van der Waals surface area contributed by atoms with Crippen molar-refractivity contribution in [1.82, 2.24) is 4.90 Å². The third kappa shape index (κ3) is 3.03. The molecule has 17 heavy (non-hydrogen) atoms. The lowest BCUT2D eigenvalue weighted by atomic mass is 9.70. The average molecular weight is 239 g/mol. The van der Waals surface area contributed by atoms with Crippen LogP contribution in [0.15, 0.2) is 0 Å². The van der Waals surface area contributed by atoms with Gasteiger partial charge < -0.3 is 5.11 Å². The molecule has 2 nitrogen and oxygen atoms in total. The van der Waals surface area contributed by atoms with E-state index in [0.29, 0.717) is 11.5 Å². The van der Waals surface area contributed by atoms with Gasteiger partial charge in [-0.1, -0.05) is 27.7 Å². The second kappa shape index (κ2) is 4.89. The number of likely N-dealkylation sites (tertiary alicyclic amines) is 1. The van der Waals surface area contributed by atoms with Crippen LogP contribution >= 0.6 is 0 Å². The first-order valence-electron chi connectivity index (χ1n) is 7.30. The van der Waals surface area contributed by atoms with E-state index in [2.05, 4.69) is 32.6 Å². The van der Waals surface area contributed by atoms with Gasteiger partial charge >= 0.3 is 0 Å². The van der Waals surface area contributed by atoms with Crippen molar-refractivity contribution in [3.05, 3.63) is 0 Å². The van der Waals surface area contributed by atoms with E-state index in [4.69, 9.17) is 0 Å². The summed E-state index contributed by atoms with van der Waals surface area (Å²) in [6.45, 7) is 11.8. The number of nitrogens with zero attached hydrogens (tertiary/aromatic N) is 1. The van der Waals surface area contributed by atoms with Crippen molar-refractivity contribution in [2.45, 2.75) is 65.5 Å². The van der Waals surface area contributed by atoms with Gasteiger partial charge in [-0.3, -0.25) is 4.90 Å². The molecule has 0 bridgehead atoms. The van der Waals surface area contributed by atoms with Crippen molar-refractivity contribution in [2.75, 3.05) is 13.1 Å². The van der Waals surface area contributed by atoms with Crippen molar-refractivity contribution in [1.29, 1.82) is 0 Å². The van der Waals surface area contributed by atoms with Gasteiger partial charge in [0.25, 0.3) is 0 Å². The van der Waals surface area contributed by atoms with Gasteiger partial charge in [-0.2, -0.15) is 0 Å². The molecule has 2 aliphatic rings. The zero-order valence-corrected chi connectivity index (χ0v) is 11.9. The molecule has 1 aliphatic heterocycles. The van der Waals surface area contributed by atoms with Crippen LogP contribution in [0.4, 0.5) is 0 Å². The highest BCUT2D eigenvalue weighted by Gasteiger charge is 2.39. The summed E-state index contributed by atoms with van der Waals surface area (Å²) < 4.78 is 0. The molecule has 0 aromatic heterocycles. The normalized spacial score (nSPS) is 40.8. The van der Waals surface area contributed by atoms with Crippen LogP contribution in [-0.2, 0) is 0 Å². The van der Waals surface area contributed by atoms with E-state index in [-0.39, 0.29) is 6.10 Å². The zero-order valence-electron chi connectivity index (χ0n) is 11.9. The molecule has 1 saturated heterocycles. The van der Waals surface area contributed by atoms with E-state index in [9.17, 15) is 5.11 Å². The summed E-state index contributed by atoms with van der Waals surface area (Å²) in [5, 5.41) is 10.3. The molecule has 100 valence electrons.